The maximum absolute atomic E-state index is 12.4. The van der Waals surface area contributed by atoms with E-state index in [1.807, 2.05) is 55.5 Å². The molecule has 1 amide bonds. The Bertz CT molecular complexity index is 1040. The predicted octanol–water partition coefficient (Wildman–Crippen LogP) is 4.91. The molecule has 1 aliphatic heterocycles. The first-order valence-corrected chi connectivity index (χ1v) is 9.30. The summed E-state index contributed by atoms with van der Waals surface area (Å²) in [6.07, 6.45) is -1.37. The van der Waals surface area contributed by atoms with Crippen molar-refractivity contribution in [2.45, 2.75) is 25.5 Å². The van der Waals surface area contributed by atoms with Gasteiger partial charge < -0.3 is 9.84 Å². The Hall–Kier alpha value is -3.34. The first kappa shape index (κ1) is 18.0. The zero-order chi connectivity index (χ0) is 19.7. The first-order valence-electron chi connectivity index (χ1n) is 9.30. The van der Waals surface area contributed by atoms with Gasteiger partial charge in [0.2, 0.25) is 0 Å². The smallest absolute Gasteiger partial charge is 0.407 e. The van der Waals surface area contributed by atoms with E-state index in [0.29, 0.717) is 11.3 Å². The Kier molecular flexibility index (Phi) is 4.74. The van der Waals surface area contributed by atoms with E-state index >= 15 is 0 Å². The molecule has 1 N–H and O–H groups in total. The molecule has 0 bridgehead atoms. The molecule has 3 aromatic carbocycles. The van der Waals surface area contributed by atoms with Crippen LogP contribution in [0.2, 0.25) is 0 Å². The molecule has 4 rings (SSSR count). The molecular weight excluding hydrogens is 354 g/mol. The van der Waals surface area contributed by atoms with Crippen LogP contribution in [0.1, 0.15) is 35.3 Å². The molecule has 0 saturated carbocycles. The molecule has 3 aromatic rings. The van der Waals surface area contributed by atoms with Crippen LogP contribution in [0.4, 0.5) is 4.79 Å². The van der Waals surface area contributed by atoms with Gasteiger partial charge in [-0.1, -0.05) is 54.6 Å². The molecule has 0 saturated heterocycles. The van der Waals surface area contributed by atoms with Gasteiger partial charge in [-0.2, -0.15) is 0 Å². The third kappa shape index (κ3) is 3.31. The fourth-order valence-electron chi connectivity index (χ4n) is 3.84. The number of hydrogen-bond acceptors (Lipinski definition) is 3. The summed E-state index contributed by atoms with van der Waals surface area (Å²) in [5, 5.41) is 11.9. The Labute approximate surface area is 163 Å². The molecule has 5 heteroatoms. The second-order valence-electron chi connectivity index (χ2n) is 7.04. The molecule has 2 atom stereocenters. The van der Waals surface area contributed by atoms with Crippen molar-refractivity contribution in [1.82, 2.24) is 4.90 Å². The van der Waals surface area contributed by atoms with Crippen molar-refractivity contribution in [3.05, 3.63) is 77.9 Å². The highest BCUT2D eigenvalue weighted by Gasteiger charge is 2.31. The SMILES string of the molecule is C[C@H](c1cccc2ccccc12)N(CC1CC(=O)c2ccccc2O1)C(=O)O. The van der Waals surface area contributed by atoms with Crippen molar-refractivity contribution in [3.63, 3.8) is 0 Å². The number of nitrogens with zero attached hydrogens (tertiary/aromatic N) is 1. The van der Waals surface area contributed by atoms with Crippen LogP contribution in [0, 0.1) is 0 Å². The number of ether oxygens (including phenoxy) is 1. The number of ketones is 1. The summed E-state index contributed by atoms with van der Waals surface area (Å²) >= 11 is 0. The van der Waals surface area contributed by atoms with Gasteiger partial charge in [-0.3, -0.25) is 9.69 Å². The average Bonchev–Trinajstić information content (AvgIpc) is 2.71. The van der Waals surface area contributed by atoms with Crippen LogP contribution < -0.4 is 4.74 Å². The number of hydrogen-bond donors (Lipinski definition) is 1. The monoisotopic (exact) mass is 375 g/mol. The third-order valence-corrected chi connectivity index (χ3v) is 5.28. The molecule has 1 aliphatic rings. The lowest BCUT2D eigenvalue weighted by atomic mass is 9.97. The molecule has 28 heavy (non-hydrogen) atoms. The highest BCUT2D eigenvalue weighted by atomic mass is 16.5. The van der Waals surface area contributed by atoms with Gasteiger partial charge in [0.25, 0.3) is 0 Å². The molecule has 142 valence electrons. The van der Waals surface area contributed by atoms with Crippen molar-refractivity contribution in [1.29, 1.82) is 0 Å². The normalized spacial score (nSPS) is 16.9. The minimum absolute atomic E-state index is 0.0185. The summed E-state index contributed by atoms with van der Waals surface area (Å²) in [5.74, 6) is 0.502. The van der Waals surface area contributed by atoms with Crippen LogP contribution in [-0.4, -0.2) is 34.5 Å². The number of benzene rings is 3. The summed E-state index contributed by atoms with van der Waals surface area (Å²) in [6, 6.07) is 20.5. The van der Waals surface area contributed by atoms with E-state index in [1.54, 1.807) is 18.2 Å². The van der Waals surface area contributed by atoms with Gasteiger partial charge >= 0.3 is 6.09 Å². The van der Waals surface area contributed by atoms with E-state index < -0.39 is 12.2 Å². The maximum atomic E-state index is 12.4. The molecule has 1 unspecified atom stereocenters. The van der Waals surface area contributed by atoms with Crippen LogP contribution in [-0.2, 0) is 0 Å². The topological polar surface area (TPSA) is 66.8 Å². The summed E-state index contributed by atoms with van der Waals surface area (Å²) in [4.78, 5) is 25.8. The van der Waals surface area contributed by atoms with Crippen molar-refractivity contribution >= 4 is 22.6 Å². The second kappa shape index (κ2) is 7.35. The van der Waals surface area contributed by atoms with Gasteiger partial charge in [-0.25, -0.2) is 4.79 Å². The number of para-hydroxylation sites is 1. The largest absolute Gasteiger partial charge is 0.487 e. The Morgan fingerprint density at radius 3 is 2.64 bits per heavy atom. The van der Waals surface area contributed by atoms with Crippen LogP contribution >= 0.6 is 0 Å². The molecule has 0 spiro atoms. The standard InChI is InChI=1S/C23H21NO4/c1-15(18-11-6-8-16-7-2-3-9-19(16)18)24(23(26)27)14-17-13-21(25)20-10-4-5-12-22(20)28-17/h2-12,15,17H,13-14H2,1H3,(H,26,27)/t15-,17?/m1/s1. The third-order valence-electron chi connectivity index (χ3n) is 5.28. The number of carbonyl (C=O) groups is 2. The molecule has 5 nitrogen and oxygen atoms in total. The van der Waals surface area contributed by atoms with E-state index in [2.05, 4.69) is 0 Å². The lowest BCUT2D eigenvalue weighted by Crippen LogP contribution is -2.42. The number of Topliss-reactive ketones (excluding diaryl/α,β-unsaturated/α-hetero) is 1. The summed E-state index contributed by atoms with van der Waals surface area (Å²) < 4.78 is 5.93. The fraction of sp³-hybridized carbons (Fsp3) is 0.217. The van der Waals surface area contributed by atoms with Gasteiger partial charge in [0.1, 0.15) is 11.9 Å². The van der Waals surface area contributed by atoms with Gasteiger partial charge in [-0.15, -0.1) is 0 Å². The summed E-state index contributed by atoms with van der Waals surface area (Å²) in [5.41, 5.74) is 1.49. The summed E-state index contributed by atoms with van der Waals surface area (Å²) in [7, 11) is 0. The molecule has 0 radical (unpaired) electrons. The van der Waals surface area contributed by atoms with E-state index in [1.165, 1.54) is 4.90 Å². The number of amides is 1. The van der Waals surface area contributed by atoms with E-state index in [-0.39, 0.29) is 24.8 Å². The van der Waals surface area contributed by atoms with Crippen molar-refractivity contribution in [3.8, 4) is 5.75 Å². The zero-order valence-corrected chi connectivity index (χ0v) is 15.5. The summed E-state index contributed by atoms with van der Waals surface area (Å²) in [6.45, 7) is 1.99. The Morgan fingerprint density at radius 2 is 1.82 bits per heavy atom. The van der Waals surface area contributed by atoms with E-state index in [4.69, 9.17) is 4.74 Å². The van der Waals surface area contributed by atoms with E-state index in [9.17, 15) is 14.7 Å². The quantitative estimate of drug-likeness (QED) is 0.703. The predicted molar refractivity (Wildman–Crippen MR) is 107 cm³/mol. The van der Waals surface area contributed by atoms with Crippen molar-refractivity contribution in [2.75, 3.05) is 6.54 Å². The molecule has 0 aliphatic carbocycles. The minimum atomic E-state index is -1.03. The molecular formula is C23H21NO4. The van der Waals surface area contributed by atoms with Gasteiger partial charge in [0.15, 0.2) is 5.78 Å². The number of fused-ring (bicyclic) bond motifs is 2. The molecule has 1 heterocycles. The van der Waals surface area contributed by atoms with Crippen LogP contribution in [0.3, 0.4) is 0 Å². The van der Waals surface area contributed by atoms with Crippen LogP contribution in [0.5, 0.6) is 5.75 Å². The molecule has 0 aromatic heterocycles. The Morgan fingerprint density at radius 1 is 1.11 bits per heavy atom. The van der Waals surface area contributed by atoms with Crippen LogP contribution in [0.25, 0.3) is 10.8 Å². The maximum Gasteiger partial charge on any atom is 0.407 e. The number of carboxylic acid groups (broad SMARTS) is 1. The number of rotatable bonds is 4. The van der Waals surface area contributed by atoms with Gasteiger partial charge in [-0.05, 0) is 35.4 Å². The second-order valence-corrected chi connectivity index (χ2v) is 7.04. The molecule has 0 fully saturated rings. The van der Waals surface area contributed by atoms with E-state index in [0.717, 1.165) is 16.3 Å². The fourth-order valence-corrected chi connectivity index (χ4v) is 3.84. The first-order chi connectivity index (χ1) is 13.5. The highest BCUT2D eigenvalue weighted by molar-refractivity contribution is 5.99. The number of carbonyl (C=O) groups excluding carboxylic acids is 1. The highest BCUT2D eigenvalue weighted by Crippen LogP contribution is 2.31. The van der Waals surface area contributed by atoms with Gasteiger partial charge in [0, 0.05) is 6.42 Å². The lowest BCUT2D eigenvalue weighted by molar-refractivity contribution is 0.0674. The lowest BCUT2D eigenvalue weighted by Gasteiger charge is -2.33. The van der Waals surface area contributed by atoms with Gasteiger partial charge in [0.05, 0.1) is 18.2 Å². The Balaban J connectivity index is 1.61. The van der Waals surface area contributed by atoms with Crippen molar-refractivity contribution in [2.24, 2.45) is 0 Å². The van der Waals surface area contributed by atoms with Crippen LogP contribution in [0.15, 0.2) is 66.7 Å². The minimum Gasteiger partial charge on any atom is -0.487 e. The zero-order valence-electron chi connectivity index (χ0n) is 15.5. The average molecular weight is 375 g/mol. The van der Waals surface area contributed by atoms with Crippen molar-refractivity contribution < 1.29 is 19.4 Å².